The minimum Gasteiger partial charge on any atom is -0.507 e. The fraction of sp³-hybridized carbons (Fsp3) is 0.423. The summed E-state index contributed by atoms with van der Waals surface area (Å²) in [5, 5.41) is 15.4. The second-order valence-electron chi connectivity index (χ2n) is 7.73. The summed E-state index contributed by atoms with van der Waals surface area (Å²) in [4.78, 5) is 28.2. The van der Waals surface area contributed by atoms with Crippen molar-refractivity contribution in [3.63, 3.8) is 0 Å². The van der Waals surface area contributed by atoms with E-state index in [2.05, 4.69) is 9.89 Å². The second-order valence-corrected chi connectivity index (χ2v) is 9.27. The molecule has 0 heterocycles. The zero-order valence-electron chi connectivity index (χ0n) is 20.6. The molecule has 0 unspecified atom stereocenters. The number of rotatable bonds is 13. The molecule has 0 radical (unpaired) electrons. The van der Waals surface area contributed by atoms with Crippen LogP contribution < -0.4 is 4.74 Å². The first kappa shape index (κ1) is 28.5. The van der Waals surface area contributed by atoms with Crippen LogP contribution in [-0.4, -0.2) is 42.2 Å². The van der Waals surface area contributed by atoms with Crippen molar-refractivity contribution in [3.05, 3.63) is 52.0 Å². The lowest BCUT2D eigenvalue weighted by atomic mass is 9.99. The van der Waals surface area contributed by atoms with E-state index in [1.807, 2.05) is 32.0 Å². The van der Waals surface area contributed by atoms with E-state index in [0.29, 0.717) is 47.1 Å². The summed E-state index contributed by atoms with van der Waals surface area (Å²) in [6.07, 6.45) is 2.93. The second kappa shape index (κ2) is 14.6. The SMILES string of the molecule is CCCc1c(OCCCSc2ccc(CC(=O)OC)cc2Cl)ccc(/C(CC)=N\OC(C)=O)c1O. The number of oxime groups is 1. The fourth-order valence-corrected chi connectivity index (χ4v) is 4.54. The van der Waals surface area contributed by atoms with Gasteiger partial charge in [0.2, 0.25) is 0 Å². The molecule has 0 fully saturated rings. The van der Waals surface area contributed by atoms with Crippen LogP contribution in [0.3, 0.4) is 0 Å². The van der Waals surface area contributed by atoms with Gasteiger partial charge in [-0.25, -0.2) is 4.79 Å². The van der Waals surface area contributed by atoms with Gasteiger partial charge in [-0.05, 0) is 49.1 Å². The van der Waals surface area contributed by atoms with Gasteiger partial charge in [0.25, 0.3) is 0 Å². The Morgan fingerprint density at radius 1 is 1.17 bits per heavy atom. The van der Waals surface area contributed by atoms with Crippen molar-refractivity contribution in [3.8, 4) is 11.5 Å². The number of hydrogen-bond acceptors (Lipinski definition) is 8. The number of phenols is 1. The Hall–Kier alpha value is -2.71. The van der Waals surface area contributed by atoms with Crippen LogP contribution in [0.15, 0.2) is 40.4 Å². The van der Waals surface area contributed by atoms with E-state index in [-0.39, 0.29) is 18.1 Å². The highest BCUT2D eigenvalue weighted by Gasteiger charge is 2.17. The highest BCUT2D eigenvalue weighted by Crippen LogP contribution is 2.34. The molecule has 0 aliphatic rings. The highest BCUT2D eigenvalue weighted by atomic mass is 35.5. The third-order valence-electron chi connectivity index (χ3n) is 5.05. The molecule has 0 aliphatic carbocycles. The Balaban J connectivity index is 1.99. The molecule has 0 saturated heterocycles. The first-order valence-electron chi connectivity index (χ1n) is 11.5. The number of methoxy groups -OCH3 is 1. The minimum atomic E-state index is -0.513. The molecule has 0 aromatic heterocycles. The molecule has 7 nitrogen and oxygen atoms in total. The van der Waals surface area contributed by atoms with Crippen LogP contribution in [0, 0.1) is 0 Å². The van der Waals surface area contributed by atoms with Crippen molar-refractivity contribution < 1.29 is 29.0 Å². The Bertz CT molecular complexity index is 1060. The number of hydrogen-bond donors (Lipinski definition) is 1. The number of aromatic hydroxyl groups is 1. The lowest BCUT2D eigenvalue weighted by Gasteiger charge is -2.16. The monoisotopic (exact) mass is 521 g/mol. The van der Waals surface area contributed by atoms with Crippen LogP contribution in [-0.2, 0) is 32.0 Å². The maximum Gasteiger partial charge on any atom is 0.331 e. The summed E-state index contributed by atoms with van der Waals surface area (Å²) in [7, 11) is 1.36. The third kappa shape index (κ3) is 8.78. The van der Waals surface area contributed by atoms with Crippen molar-refractivity contribution in [1.29, 1.82) is 0 Å². The van der Waals surface area contributed by atoms with Crippen LogP contribution in [0.5, 0.6) is 11.5 Å². The molecule has 0 atom stereocenters. The molecule has 0 saturated carbocycles. The zero-order chi connectivity index (χ0) is 25.8. The molecule has 0 aliphatic heterocycles. The quantitative estimate of drug-likeness (QED) is 0.0868. The lowest BCUT2D eigenvalue weighted by Crippen LogP contribution is -2.07. The van der Waals surface area contributed by atoms with Gasteiger partial charge < -0.3 is 19.4 Å². The molecule has 9 heteroatoms. The predicted molar refractivity (Wildman–Crippen MR) is 139 cm³/mol. The van der Waals surface area contributed by atoms with E-state index in [1.165, 1.54) is 14.0 Å². The zero-order valence-corrected chi connectivity index (χ0v) is 22.1. The number of benzene rings is 2. The Labute approximate surface area is 215 Å². The van der Waals surface area contributed by atoms with Gasteiger partial charge in [0.1, 0.15) is 11.5 Å². The number of carbonyl (C=O) groups excluding carboxylic acids is 2. The Morgan fingerprint density at radius 3 is 2.57 bits per heavy atom. The first-order chi connectivity index (χ1) is 16.8. The Kier molecular flexibility index (Phi) is 11.9. The van der Waals surface area contributed by atoms with E-state index in [1.54, 1.807) is 23.9 Å². The van der Waals surface area contributed by atoms with Crippen molar-refractivity contribution >= 4 is 41.0 Å². The van der Waals surface area contributed by atoms with E-state index in [9.17, 15) is 14.7 Å². The lowest BCUT2D eigenvalue weighted by molar-refractivity contribution is -0.141. The predicted octanol–water partition coefficient (Wildman–Crippen LogP) is 5.95. The number of halogens is 1. The summed E-state index contributed by atoms with van der Waals surface area (Å²) in [5.74, 6) is 0.706. The van der Waals surface area contributed by atoms with Crippen molar-refractivity contribution in [1.82, 2.24) is 0 Å². The van der Waals surface area contributed by atoms with Gasteiger partial charge in [0.15, 0.2) is 0 Å². The van der Waals surface area contributed by atoms with Crippen molar-refractivity contribution in [2.24, 2.45) is 5.16 Å². The third-order valence-corrected chi connectivity index (χ3v) is 6.63. The number of carbonyl (C=O) groups is 2. The largest absolute Gasteiger partial charge is 0.507 e. The van der Waals surface area contributed by atoms with Gasteiger partial charge in [-0.2, -0.15) is 0 Å². The fourth-order valence-electron chi connectivity index (χ4n) is 3.33. The molecule has 0 spiro atoms. The average Bonchev–Trinajstić information content (AvgIpc) is 2.83. The van der Waals surface area contributed by atoms with Gasteiger partial charge in [-0.15, -0.1) is 11.8 Å². The van der Waals surface area contributed by atoms with Crippen molar-refractivity contribution in [2.45, 2.75) is 57.8 Å². The van der Waals surface area contributed by atoms with Gasteiger partial charge >= 0.3 is 11.9 Å². The molecule has 1 N–H and O–H groups in total. The van der Waals surface area contributed by atoms with Gasteiger partial charge in [-0.3, -0.25) is 4.79 Å². The molecular weight excluding hydrogens is 490 g/mol. The molecule has 35 heavy (non-hydrogen) atoms. The maximum atomic E-state index is 11.4. The smallest absolute Gasteiger partial charge is 0.331 e. The average molecular weight is 522 g/mol. The first-order valence-corrected chi connectivity index (χ1v) is 12.9. The molecule has 2 aromatic rings. The summed E-state index contributed by atoms with van der Waals surface area (Å²) in [6.45, 7) is 5.66. The molecular formula is C26H32ClNO6S. The van der Waals surface area contributed by atoms with Crippen LogP contribution >= 0.6 is 23.4 Å². The number of phenolic OH excluding ortho intramolecular Hbond substituents is 1. The molecule has 0 amide bonds. The number of nitrogens with zero attached hydrogens (tertiary/aromatic N) is 1. The van der Waals surface area contributed by atoms with E-state index >= 15 is 0 Å². The van der Waals surface area contributed by atoms with Gasteiger partial charge in [0.05, 0.1) is 30.9 Å². The standard InChI is InChI=1S/C26H32ClNO6S/c1-5-8-20-23(11-10-19(26(20)31)22(6-2)28-34-17(3)29)33-13-7-14-35-24-12-9-18(15-21(24)27)16-25(30)32-4/h9-12,15,31H,5-8,13-14,16H2,1-4H3/b28-22-. The molecule has 190 valence electrons. The van der Waals surface area contributed by atoms with E-state index in [4.69, 9.17) is 21.2 Å². The number of thioether (sulfide) groups is 1. The summed E-state index contributed by atoms with van der Waals surface area (Å²) in [5.41, 5.74) is 2.55. The topological polar surface area (TPSA) is 94.4 Å². The van der Waals surface area contributed by atoms with E-state index < -0.39 is 5.97 Å². The van der Waals surface area contributed by atoms with Crippen LogP contribution in [0.1, 0.15) is 56.7 Å². The molecule has 0 bridgehead atoms. The van der Waals surface area contributed by atoms with E-state index in [0.717, 1.165) is 29.1 Å². The number of esters is 1. The van der Waals surface area contributed by atoms with Crippen LogP contribution in [0.4, 0.5) is 0 Å². The normalized spacial score (nSPS) is 11.3. The minimum absolute atomic E-state index is 0.102. The van der Waals surface area contributed by atoms with Crippen LogP contribution in [0.2, 0.25) is 5.02 Å². The van der Waals surface area contributed by atoms with Gasteiger partial charge in [0, 0.05) is 28.7 Å². The molecule has 2 aromatic carbocycles. The highest BCUT2D eigenvalue weighted by molar-refractivity contribution is 7.99. The summed E-state index contributed by atoms with van der Waals surface area (Å²) < 4.78 is 10.7. The molecule has 2 rings (SSSR count). The summed E-state index contributed by atoms with van der Waals surface area (Å²) in [6, 6.07) is 9.13. The number of ether oxygens (including phenoxy) is 2. The van der Waals surface area contributed by atoms with Crippen molar-refractivity contribution in [2.75, 3.05) is 19.5 Å². The summed E-state index contributed by atoms with van der Waals surface area (Å²) >= 11 is 7.98. The van der Waals surface area contributed by atoms with Gasteiger partial charge in [-0.1, -0.05) is 43.1 Å². The maximum absolute atomic E-state index is 11.4. The Morgan fingerprint density at radius 2 is 1.94 bits per heavy atom. The van der Waals surface area contributed by atoms with Crippen LogP contribution in [0.25, 0.3) is 0 Å².